The molecule has 0 fully saturated rings. The Morgan fingerprint density at radius 2 is 1.82 bits per heavy atom. The van der Waals surface area contributed by atoms with Crippen LogP contribution in [0, 0.1) is 13.8 Å². The van der Waals surface area contributed by atoms with E-state index in [-0.39, 0.29) is 5.76 Å². The van der Waals surface area contributed by atoms with Gasteiger partial charge in [0.25, 0.3) is 5.91 Å². The molecule has 0 spiro atoms. The van der Waals surface area contributed by atoms with Crippen molar-refractivity contribution in [2.45, 2.75) is 26.1 Å². The summed E-state index contributed by atoms with van der Waals surface area (Å²) in [4.78, 5) is 18.0. The first-order chi connectivity index (χ1) is 15.7. The van der Waals surface area contributed by atoms with E-state index in [9.17, 15) is 18.0 Å². The molecule has 0 aliphatic rings. The molecule has 1 atom stereocenters. The van der Waals surface area contributed by atoms with Gasteiger partial charge in [0.1, 0.15) is 10.8 Å². The van der Waals surface area contributed by atoms with E-state index in [1.807, 2.05) is 32.0 Å². The maximum atomic E-state index is 13.1. The Labute approximate surface area is 192 Å². The number of benzene rings is 1. The maximum absolute atomic E-state index is 13.1. The van der Waals surface area contributed by atoms with Crippen LogP contribution in [0.25, 0.3) is 0 Å². The van der Waals surface area contributed by atoms with E-state index >= 15 is 0 Å². The highest BCUT2D eigenvalue weighted by atomic mass is 32.1. The van der Waals surface area contributed by atoms with Crippen molar-refractivity contribution >= 4 is 28.1 Å². The van der Waals surface area contributed by atoms with Crippen LogP contribution in [0.3, 0.4) is 0 Å². The van der Waals surface area contributed by atoms with E-state index in [4.69, 9.17) is 4.42 Å². The summed E-state index contributed by atoms with van der Waals surface area (Å²) in [5, 5.41) is 6.74. The van der Waals surface area contributed by atoms with Gasteiger partial charge in [-0.1, -0.05) is 18.2 Å². The lowest BCUT2D eigenvalue weighted by molar-refractivity contribution is -0.137. The molecule has 5 nitrogen and oxygen atoms in total. The predicted octanol–water partition coefficient (Wildman–Crippen LogP) is 6.83. The second kappa shape index (κ2) is 9.11. The number of nitrogens with zero attached hydrogens (tertiary/aromatic N) is 1. The van der Waals surface area contributed by atoms with Crippen LogP contribution in [0.2, 0.25) is 0 Å². The standard InChI is InChI=1S/C24H20F3N3O2S/c1-14-5-3-7-20(28-14)29-21(16-8-10-17(11-9-16)24(25,26)27)18-13-15(2)33-23(18)30-22(31)19-6-4-12-32-19/h3-13,21H,1-2H3,(H,28,29)(H,30,31)/t21-/m1/s1. The zero-order valence-electron chi connectivity index (χ0n) is 17.7. The van der Waals surface area contributed by atoms with Gasteiger partial charge in [-0.25, -0.2) is 4.98 Å². The van der Waals surface area contributed by atoms with E-state index in [2.05, 4.69) is 15.6 Å². The van der Waals surface area contributed by atoms with Gasteiger partial charge in [0, 0.05) is 16.1 Å². The van der Waals surface area contributed by atoms with Crippen molar-refractivity contribution in [2.24, 2.45) is 0 Å². The second-order valence-electron chi connectivity index (χ2n) is 7.43. The number of amides is 1. The molecule has 0 bridgehead atoms. The van der Waals surface area contributed by atoms with Crippen molar-refractivity contribution in [3.8, 4) is 0 Å². The predicted molar refractivity (Wildman–Crippen MR) is 122 cm³/mol. The molecule has 170 valence electrons. The molecule has 0 radical (unpaired) electrons. The van der Waals surface area contributed by atoms with Crippen LogP contribution >= 0.6 is 11.3 Å². The molecule has 0 saturated carbocycles. The Bertz CT molecular complexity index is 1250. The Morgan fingerprint density at radius 1 is 1.06 bits per heavy atom. The van der Waals surface area contributed by atoms with Gasteiger partial charge in [-0.05, 0) is 61.9 Å². The summed E-state index contributed by atoms with van der Waals surface area (Å²) >= 11 is 1.37. The molecule has 3 aromatic heterocycles. The number of carbonyl (C=O) groups is 1. The molecular formula is C24H20F3N3O2S. The fourth-order valence-electron chi connectivity index (χ4n) is 3.40. The first-order valence-electron chi connectivity index (χ1n) is 10.0. The number of alkyl halides is 3. The average Bonchev–Trinajstić information content (AvgIpc) is 3.42. The van der Waals surface area contributed by atoms with Gasteiger partial charge in [-0.15, -0.1) is 11.3 Å². The molecule has 2 N–H and O–H groups in total. The van der Waals surface area contributed by atoms with Gasteiger partial charge in [-0.2, -0.15) is 13.2 Å². The number of pyridine rings is 1. The summed E-state index contributed by atoms with van der Waals surface area (Å²) < 4.78 is 44.5. The van der Waals surface area contributed by atoms with Gasteiger partial charge < -0.3 is 15.1 Å². The fourth-order valence-corrected chi connectivity index (χ4v) is 4.34. The van der Waals surface area contributed by atoms with Crippen molar-refractivity contribution in [3.05, 3.63) is 99.9 Å². The van der Waals surface area contributed by atoms with E-state index in [1.54, 1.807) is 18.2 Å². The Balaban J connectivity index is 1.74. The Morgan fingerprint density at radius 3 is 2.45 bits per heavy atom. The number of carbonyl (C=O) groups excluding carboxylic acids is 1. The van der Waals surface area contributed by atoms with Crippen LogP contribution in [0.5, 0.6) is 0 Å². The molecular weight excluding hydrogens is 451 g/mol. The molecule has 0 unspecified atom stereocenters. The molecule has 1 amide bonds. The molecule has 33 heavy (non-hydrogen) atoms. The third-order valence-electron chi connectivity index (χ3n) is 4.92. The topological polar surface area (TPSA) is 67.2 Å². The van der Waals surface area contributed by atoms with E-state index in [0.717, 1.165) is 22.7 Å². The summed E-state index contributed by atoms with van der Waals surface area (Å²) in [6.45, 7) is 3.74. The largest absolute Gasteiger partial charge is 0.459 e. The number of thiophene rings is 1. The van der Waals surface area contributed by atoms with Crippen LogP contribution in [-0.2, 0) is 6.18 Å². The normalized spacial score (nSPS) is 12.4. The molecule has 0 aliphatic heterocycles. The highest BCUT2D eigenvalue weighted by Crippen LogP contribution is 2.38. The first kappa shape index (κ1) is 22.6. The van der Waals surface area contributed by atoms with Gasteiger partial charge in [0.05, 0.1) is 17.9 Å². The summed E-state index contributed by atoms with van der Waals surface area (Å²) in [7, 11) is 0. The number of rotatable bonds is 6. The number of hydrogen-bond acceptors (Lipinski definition) is 5. The first-order valence-corrected chi connectivity index (χ1v) is 10.8. The Hall–Kier alpha value is -3.59. The second-order valence-corrected chi connectivity index (χ2v) is 8.69. The summed E-state index contributed by atoms with van der Waals surface area (Å²) in [5.74, 6) is 0.307. The molecule has 9 heteroatoms. The fraction of sp³-hybridized carbons (Fsp3) is 0.167. The third-order valence-corrected chi connectivity index (χ3v) is 5.90. The zero-order chi connectivity index (χ0) is 23.6. The molecule has 1 aromatic carbocycles. The number of hydrogen-bond donors (Lipinski definition) is 2. The minimum Gasteiger partial charge on any atom is -0.459 e. The number of nitrogens with one attached hydrogen (secondary N) is 2. The van der Waals surface area contributed by atoms with E-state index in [1.165, 1.54) is 29.7 Å². The molecule has 4 aromatic rings. The minimum absolute atomic E-state index is 0.159. The van der Waals surface area contributed by atoms with Crippen molar-refractivity contribution in [3.63, 3.8) is 0 Å². The molecule has 0 aliphatic carbocycles. The maximum Gasteiger partial charge on any atom is 0.416 e. The van der Waals surface area contributed by atoms with Crippen LogP contribution in [0.1, 0.15) is 43.9 Å². The third kappa shape index (κ3) is 5.25. The summed E-state index contributed by atoms with van der Waals surface area (Å²) in [6.07, 6.45) is -3.02. The quantitative estimate of drug-likeness (QED) is 0.324. The van der Waals surface area contributed by atoms with Gasteiger partial charge in [0.15, 0.2) is 5.76 Å². The smallest absolute Gasteiger partial charge is 0.416 e. The zero-order valence-corrected chi connectivity index (χ0v) is 18.6. The highest BCUT2D eigenvalue weighted by molar-refractivity contribution is 7.16. The van der Waals surface area contributed by atoms with Gasteiger partial charge in [0.2, 0.25) is 0 Å². The lowest BCUT2D eigenvalue weighted by atomic mass is 9.98. The van der Waals surface area contributed by atoms with Crippen LogP contribution in [-0.4, -0.2) is 10.9 Å². The monoisotopic (exact) mass is 471 g/mol. The van der Waals surface area contributed by atoms with Gasteiger partial charge in [-0.3, -0.25) is 4.79 Å². The van der Waals surface area contributed by atoms with Crippen LogP contribution < -0.4 is 10.6 Å². The van der Waals surface area contributed by atoms with E-state index in [0.29, 0.717) is 21.9 Å². The van der Waals surface area contributed by atoms with Crippen molar-refractivity contribution in [1.29, 1.82) is 0 Å². The number of furan rings is 1. The van der Waals surface area contributed by atoms with Crippen molar-refractivity contribution in [2.75, 3.05) is 10.6 Å². The number of halogens is 3. The Kier molecular flexibility index (Phi) is 6.24. The number of aryl methyl sites for hydroxylation is 2. The lowest BCUT2D eigenvalue weighted by Gasteiger charge is -2.22. The molecule has 0 saturated heterocycles. The van der Waals surface area contributed by atoms with Crippen molar-refractivity contribution < 1.29 is 22.4 Å². The van der Waals surface area contributed by atoms with Crippen LogP contribution in [0.15, 0.2) is 71.3 Å². The summed E-state index contributed by atoms with van der Waals surface area (Å²) in [5.41, 5.74) is 1.36. The van der Waals surface area contributed by atoms with E-state index < -0.39 is 23.7 Å². The van der Waals surface area contributed by atoms with Crippen LogP contribution in [0.4, 0.5) is 24.0 Å². The SMILES string of the molecule is Cc1cccc(N[C@H](c2ccc(C(F)(F)F)cc2)c2cc(C)sc2NC(=O)c2ccco2)n1. The average molecular weight is 472 g/mol. The number of aromatic nitrogens is 1. The number of anilines is 2. The molecule has 4 rings (SSSR count). The summed E-state index contributed by atoms with van der Waals surface area (Å²) in [6, 6.07) is 14.9. The minimum atomic E-state index is -4.43. The van der Waals surface area contributed by atoms with Crippen molar-refractivity contribution in [1.82, 2.24) is 4.98 Å². The van der Waals surface area contributed by atoms with Gasteiger partial charge >= 0.3 is 6.18 Å². The highest BCUT2D eigenvalue weighted by Gasteiger charge is 2.31. The molecule has 3 heterocycles. The lowest BCUT2D eigenvalue weighted by Crippen LogP contribution is -2.17.